The third kappa shape index (κ3) is 2.47. The van der Waals surface area contributed by atoms with Gasteiger partial charge in [-0.15, -0.1) is 0 Å². The first-order valence-corrected chi connectivity index (χ1v) is 7.57. The SMILES string of the molecule is Cc1cc(C=C2C(=O)N(C)C(=S)N(C)C2=O)c(C)n1C(C)C. The van der Waals surface area contributed by atoms with Crippen molar-refractivity contribution in [2.45, 2.75) is 33.7 Å². The predicted octanol–water partition coefficient (Wildman–Crippen LogP) is 2.28. The molecule has 0 unspecified atom stereocenters. The van der Waals surface area contributed by atoms with Crippen molar-refractivity contribution in [3.05, 3.63) is 28.6 Å². The molecule has 0 bridgehead atoms. The summed E-state index contributed by atoms with van der Waals surface area (Å²) in [6.07, 6.45) is 1.67. The van der Waals surface area contributed by atoms with Crippen molar-refractivity contribution in [3.63, 3.8) is 0 Å². The largest absolute Gasteiger partial charge is 0.346 e. The molecule has 1 saturated heterocycles. The van der Waals surface area contributed by atoms with Crippen molar-refractivity contribution in [2.75, 3.05) is 14.1 Å². The Morgan fingerprint density at radius 2 is 1.59 bits per heavy atom. The molecule has 1 fully saturated rings. The second-order valence-electron chi connectivity index (χ2n) is 5.86. The Kier molecular flexibility index (Phi) is 4.24. The van der Waals surface area contributed by atoms with Gasteiger partial charge in [0.1, 0.15) is 5.57 Å². The molecule has 2 amide bonds. The molecule has 0 spiro atoms. The van der Waals surface area contributed by atoms with Crippen molar-refractivity contribution in [1.29, 1.82) is 0 Å². The quantitative estimate of drug-likeness (QED) is 0.477. The van der Waals surface area contributed by atoms with E-state index in [1.54, 1.807) is 20.2 Å². The van der Waals surface area contributed by atoms with Gasteiger partial charge in [-0.3, -0.25) is 19.4 Å². The third-order valence-electron chi connectivity index (χ3n) is 3.98. The standard InChI is InChI=1S/C16H21N3O2S/c1-9(2)19-10(3)7-12(11(19)4)8-13-14(20)17(5)16(22)18(6)15(13)21/h7-9H,1-6H3. The molecule has 5 nitrogen and oxygen atoms in total. The fraction of sp³-hybridized carbons (Fsp3) is 0.438. The molecule has 2 heterocycles. The predicted molar refractivity (Wildman–Crippen MR) is 90.4 cm³/mol. The number of hydrogen-bond donors (Lipinski definition) is 0. The van der Waals surface area contributed by atoms with E-state index in [4.69, 9.17) is 12.2 Å². The van der Waals surface area contributed by atoms with E-state index in [2.05, 4.69) is 18.4 Å². The van der Waals surface area contributed by atoms with Gasteiger partial charge in [0.05, 0.1) is 0 Å². The lowest BCUT2D eigenvalue weighted by Crippen LogP contribution is -2.52. The average molecular weight is 319 g/mol. The molecule has 1 aromatic rings. The molecule has 0 saturated carbocycles. The maximum absolute atomic E-state index is 12.3. The number of amides is 2. The number of likely N-dealkylation sites (N-methyl/N-ethyl adjacent to an activating group) is 2. The van der Waals surface area contributed by atoms with Gasteiger partial charge in [0.15, 0.2) is 5.11 Å². The highest BCUT2D eigenvalue weighted by atomic mass is 32.1. The zero-order chi connectivity index (χ0) is 16.8. The number of carbonyl (C=O) groups is 2. The van der Waals surface area contributed by atoms with E-state index in [0.29, 0.717) is 6.04 Å². The summed E-state index contributed by atoms with van der Waals surface area (Å²) in [4.78, 5) is 27.3. The molecular formula is C16H21N3O2S. The van der Waals surface area contributed by atoms with E-state index in [-0.39, 0.29) is 22.5 Å². The van der Waals surface area contributed by atoms with E-state index >= 15 is 0 Å². The first kappa shape index (κ1) is 16.4. The van der Waals surface area contributed by atoms with E-state index in [0.717, 1.165) is 17.0 Å². The minimum atomic E-state index is -0.359. The third-order valence-corrected chi connectivity index (χ3v) is 4.53. The lowest BCUT2D eigenvalue weighted by atomic mass is 10.1. The lowest BCUT2D eigenvalue weighted by Gasteiger charge is -2.31. The number of rotatable bonds is 2. The summed E-state index contributed by atoms with van der Waals surface area (Å²) in [6.45, 7) is 8.23. The first-order valence-electron chi connectivity index (χ1n) is 7.17. The molecule has 1 aliphatic rings. The summed E-state index contributed by atoms with van der Waals surface area (Å²) in [5, 5.41) is 0.222. The Morgan fingerprint density at radius 3 is 2.00 bits per heavy atom. The van der Waals surface area contributed by atoms with Crippen LogP contribution in [0.25, 0.3) is 6.08 Å². The Labute approximate surface area is 136 Å². The smallest absolute Gasteiger partial charge is 0.265 e. The molecule has 0 radical (unpaired) electrons. The average Bonchev–Trinajstić information content (AvgIpc) is 2.73. The summed E-state index contributed by atoms with van der Waals surface area (Å²) in [7, 11) is 3.16. The molecule has 0 N–H and O–H groups in total. The van der Waals surface area contributed by atoms with Crippen molar-refractivity contribution in [1.82, 2.24) is 14.4 Å². The summed E-state index contributed by atoms with van der Waals surface area (Å²) < 4.78 is 2.18. The molecule has 22 heavy (non-hydrogen) atoms. The summed E-state index contributed by atoms with van der Waals surface area (Å²) in [5.74, 6) is -0.718. The van der Waals surface area contributed by atoms with Crippen LogP contribution >= 0.6 is 12.2 Å². The number of aromatic nitrogens is 1. The van der Waals surface area contributed by atoms with E-state index in [9.17, 15) is 9.59 Å². The highest BCUT2D eigenvalue weighted by Gasteiger charge is 2.35. The Bertz CT molecular complexity index is 674. The normalized spacial score (nSPS) is 16.1. The fourth-order valence-corrected chi connectivity index (χ4v) is 3.04. The molecule has 0 atom stereocenters. The Morgan fingerprint density at radius 1 is 1.09 bits per heavy atom. The van der Waals surface area contributed by atoms with Crippen molar-refractivity contribution >= 4 is 35.2 Å². The van der Waals surface area contributed by atoms with Crippen LogP contribution < -0.4 is 0 Å². The van der Waals surface area contributed by atoms with E-state index < -0.39 is 0 Å². The molecule has 0 aromatic carbocycles. The van der Waals surface area contributed by atoms with Gasteiger partial charge in [-0.25, -0.2) is 0 Å². The summed E-state index contributed by atoms with van der Waals surface area (Å²) in [5.41, 5.74) is 3.17. The molecule has 6 heteroatoms. The molecule has 2 rings (SSSR count). The number of nitrogens with zero attached hydrogens (tertiary/aromatic N) is 3. The number of aryl methyl sites for hydroxylation is 1. The van der Waals surface area contributed by atoms with Gasteiger partial charge >= 0.3 is 0 Å². The second kappa shape index (κ2) is 5.68. The maximum atomic E-state index is 12.3. The minimum Gasteiger partial charge on any atom is -0.346 e. The van der Waals surface area contributed by atoms with Gasteiger partial charge in [0.25, 0.3) is 11.8 Å². The van der Waals surface area contributed by atoms with Crippen LogP contribution in [0.4, 0.5) is 0 Å². The van der Waals surface area contributed by atoms with Gasteiger partial charge < -0.3 is 4.57 Å². The number of thiocarbonyl (C=S) groups is 1. The first-order chi connectivity index (χ1) is 10.2. The van der Waals surface area contributed by atoms with Crippen molar-refractivity contribution in [3.8, 4) is 0 Å². The highest BCUT2D eigenvalue weighted by molar-refractivity contribution is 7.80. The van der Waals surface area contributed by atoms with Gasteiger partial charge in [0, 0.05) is 31.5 Å². The van der Waals surface area contributed by atoms with Crippen LogP contribution in [0.5, 0.6) is 0 Å². The summed E-state index contributed by atoms with van der Waals surface area (Å²) in [6, 6.07) is 2.32. The zero-order valence-corrected chi connectivity index (χ0v) is 14.6. The molecular weight excluding hydrogens is 298 g/mol. The zero-order valence-electron chi connectivity index (χ0n) is 13.8. The Balaban J connectivity index is 2.53. The monoisotopic (exact) mass is 319 g/mol. The number of hydrogen-bond acceptors (Lipinski definition) is 3. The van der Waals surface area contributed by atoms with Crippen LogP contribution in [-0.4, -0.2) is 45.4 Å². The highest BCUT2D eigenvalue weighted by Crippen LogP contribution is 2.24. The summed E-state index contributed by atoms with van der Waals surface area (Å²) >= 11 is 5.09. The van der Waals surface area contributed by atoms with E-state index in [1.165, 1.54) is 9.80 Å². The fourth-order valence-electron chi connectivity index (χ4n) is 2.87. The minimum absolute atomic E-state index is 0.141. The van der Waals surface area contributed by atoms with Crippen molar-refractivity contribution in [2.24, 2.45) is 0 Å². The van der Waals surface area contributed by atoms with Crippen LogP contribution in [-0.2, 0) is 9.59 Å². The topological polar surface area (TPSA) is 45.6 Å². The van der Waals surface area contributed by atoms with Gasteiger partial charge in [-0.2, -0.15) is 0 Å². The second-order valence-corrected chi connectivity index (χ2v) is 6.22. The van der Waals surface area contributed by atoms with Gasteiger partial charge in [-0.05, 0) is 57.6 Å². The van der Waals surface area contributed by atoms with Gasteiger partial charge in [-0.1, -0.05) is 0 Å². The molecule has 1 aromatic heterocycles. The van der Waals surface area contributed by atoms with Crippen LogP contribution in [0.2, 0.25) is 0 Å². The lowest BCUT2D eigenvalue weighted by molar-refractivity contribution is -0.132. The van der Waals surface area contributed by atoms with Crippen LogP contribution in [0.15, 0.2) is 11.6 Å². The number of carbonyl (C=O) groups excluding carboxylic acids is 2. The van der Waals surface area contributed by atoms with Crippen LogP contribution in [0.1, 0.15) is 36.8 Å². The van der Waals surface area contributed by atoms with Crippen LogP contribution in [0.3, 0.4) is 0 Å². The molecule has 0 aliphatic carbocycles. The molecule has 118 valence electrons. The van der Waals surface area contributed by atoms with Crippen molar-refractivity contribution < 1.29 is 9.59 Å². The Hall–Kier alpha value is -1.95. The maximum Gasteiger partial charge on any atom is 0.265 e. The van der Waals surface area contributed by atoms with Crippen LogP contribution in [0, 0.1) is 13.8 Å². The van der Waals surface area contributed by atoms with E-state index in [1.807, 2.05) is 19.9 Å². The molecule has 1 aliphatic heterocycles. The van der Waals surface area contributed by atoms with Gasteiger partial charge in [0.2, 0.25) is 0 Å².